The Labute approximate surface area is 92.0 Å². The molecule has 0 radical (unpaired) electrons. The smallest absolute Gasteiger partial charge is 0.336 e. The molecule has 0 amide bonds. The molecule has 1 aliphatic carbocycles. The minimum Gasteiger partial charge on any atom is -0.467 e. The van der Waals surface area contributed by atoms with Crippen molar-refractivity contribution in [2.24, 2.45) is 28.0 Å². The standard InChI is InChI=1S/C10H12N2O4/c1-15-9(14)10-5(3-11-12-10)2-6-7(10)4-16-8(6)13/h5-7H,2-4H2,1H3/t5-,6-,7-,10+/m0/s1. The highest BCUT2D eigenvalue weighted by Crippen LogP contribution is 2.53. The lowest BCUT2D eigenvalue weighted by Gasteiger charge is -2.26. The van der Waals surface area contributed by atoms with E-state index in [1.54, 1.807) is 0 Å². The molecule has 0 aromatic heterocycles. The molecule has 2 aliphatic heterocycles. The summed E-state index contributed by atoms with van der Waals surface area (Å²) < 4.78 is 9.82. The maximum atomic E-state index is 11.9. The molecule has 0 N–H and O–H groups in total. The van der Waals surface area contributed by atoms with Crippen LogP contribution in [0.15, 0.2) is 10.2 Å². The Bertz CT molecular complexity index is 394. The van der Waals surface area contributed by atoms with Crippen molar-refractivity contribution in [1.29, 1.82) is 0 Å². The fourth-order valence-electron chi connectivity index (χ4n) is 3.19. The number of fused-ring (bicyclic) bond motifs is 3. The van der Waals surface area contributed by atoms with E-state index in [0.29, 0.717) is 13.0 Å². The summed E-state index contributed by atoms with van der Waals surface area (Å²) in [6.07, 6.45) is 0.631. The molecule has 4 atom stereocenters. The number of methoxy groups -OCH3 is 1. The lowest BCUT2D eigenvalue weighted by molar-refractivity contribution is -0.150. The van der Waals surface area contributed by atoms with Crippen molar-refractivity contribution >= 4 is 11.9 Å². The fraction of sp³-hybridized carbons (Fsp3) is 0.800. The number of carbonyl (C=O) groups excluding carboxylic acids is 2. The summed E-state index contributed by atoms with van der Waals surface area (Å²) in [4.78, 5) is 23.4. The third kappa shape index (κ3) is 0.923. The Kier molecular flexibility index (Phi) is 1.84. The maximum absolute atomic E-state index is 11.9. The number of nitrogens with zero attached hydrogens (tertiary/aromatic N) is 2. The van der Waals surface area contributed by atoms with Gasteiger partial charge in [0.05, 0.1) is 26.2 Å². The fourth-order valence-corrected chi connectivity index (χ4v) is 3.19. The van der Waals surface area contributed by atoms with Crippen LogP contribution < -0.4 is 0 Å². The second-order valence-electron chi connectivity index (χ2n) is 4.52. The number of carbonyl (C=O) groups is 2. The molecule has 16 heavy (non-hydrogen) atoms. The SMILES string of the molecule is COC(=O)[C@@]12N=NC[C@@H]1C[C@@H]1C(=O)OC[C@@H]12. The lowest BCUT2D eigenvalue weighted by Crippen LogP contribution is -2.46. The molecule has 3 aliphatic rings. The molecule has 0 unspecified atom stereocenters. The Hall–Kier alpha value is -1.46. The van der Waals surface area contributed by atoms with E-state index in [4.69, 9.17) is 9.47 Å². The van der Waals surface area contributed by atoms with E-state index in [0.717, 1.165) is 0 Å². The summed E-state index contributed by atoms with van der Waals surface area (Å²) in [5.74, 6) is -0.989. The molecule has 3 rings (SSSR count). The first-order valence-corrected chi connectivity index (χ1v) is 5.34. The monoisotopic (exact) mass is 224 g/mol. The van der Waals surface area contributed by atoms with Gasteiger partial charge in [-0.05, 0) is 6.42 Å². The Balaban J connectivity index is 2.03. The number of rotatable bonds is 1. The zero-order chi connectivity index (χ0) is 11.3. The molecular formula is C10H12N2O4. The predicted molar refractivity (Wildman–Crippen MR) is 50.5 cm³/mol. The van der Waals surface area contributed by atoms with Crippen LogP contribution in [0.5, 0.6) is 0 Å². The highest BCUT2D eigenvalue weighted by atomic mass is 16.5. The van der Waals surface area contributed by atoms with Crippen molar-refractivity contribution in [2.45, 2.75) is 12.0 Å². The number of cyclic esters (lactones) is 1. The van der Waals surface area contributed by atoms with Gasteiger partial charge in [-0.25, -0.2) is 4.79 Å². The van der Waals surface area contributed by atoms with Gasteiger partial charge in [-0.15, -0.1) is 0 Å². The van der Waals surface area contributed by atoms with Crippen LogP contribution in [-0.4, -0.2) is 37.7 Å². The van der Waals surface area contributed by atoms with Crippen molar-refractivity contribution < 1.29 is 19.1 Å². The van der Waals surface area contributed by atoms with E-state index < -0.39 is 5.54 Å². The van der Waals surface area contributed by atoms with Crippen molar-refractivity contribution in [2.75, 3.05) is 20.3 Å². The zero-order valence-electron chi connectivity index (χ0n) is 8.88. The molecule has 0 spiro atoms. The normalized spacial score (nSPS) is 44.1. The molecule has 0 aromatic rings. The minimum absolute atomic E-state index is 0.00259. The van der Waals surface area contributed by atoms with Gasteiger partial charge in [0, 0.05) is 11.8 Å². The predicted octanol–water partition coefficient (Wildman–Crippen LogP) is 0.173. The van der Waals surface area contributed by atoms with Crippen molar-refractivity contribution in [1.82, 2.24) is 0 Å². The van der Waals surface area contributed by atoms with Crippen LogP contribution in [0.3, 0.4) is 0 Å². The van der Waals surface area contributed by atoms with E-state index in [1.807, 2.05) is 0 Å². The Morgan fingerprint density at radius 3 is 3.19 bits per heavy atom. The average Bonchev–Trinajstić information content (AvgIpc) is 2.90. The average molecular weight is 224 g/mol. The highest BCUT2D eigenvalue weighted by Gasteiger charge is 2.67. The van der Waals surface area contributed by atoms with Gasteiger partial charge in [-0.1, -0.05) is 0 Å². The van der Waals surface area contributed by atoms with Gasteiger partial charge in [-0.2, -0.15) is 10.2 Å². The maximum Gasteiger partial charge on any atom is 0.336 e. The first-order chi connectivity index (χ1) is 7.70. The number of ether oxygens (including phenoxy) is 2. The van der Waals surface area contributed by atoms with Crippen LogP contribution >= 0.6 is 0 Å². The highest BCUT2D eigenvalue weighted by molar-refractivity contribution is 5.87. The quantitative estimate of drug-likeness (QED) is 0.595. The number of hydrogen-bond donors (Lipinski definition) is 0. The van der Waals surface area contributed by atoms with Crippen LogP contribution in [0.4, 0.5) is 0 Å². The summed E-state index contributed by atoms with van der Waals surface area (Å²) in [7, 11) is 1.34. The van der Waals surface area contributed by atoms with Gasteiger partial charge >= 0.3 is 11.9 Å². The molecule has 1 saturated carbocycles. The van der Waals surface area contributed by atoms with E-state index in [-0.39, 0.29) is 36.3 Å². The third-order valence-electron chi connectivity index (χ3n) is 3.97. The number of esters is 2. The molecule has 2 fully saturated rings. The summed E-state index contributed by atoms with van der Waals surface area (Å²) >= 11 is 0. The van der Waals surface area contributed by atoms with Gasteiger partial charge in [0.25, 0.3) is 0 Å². The molecule has 1 saturated heterocycles. The largest absolute Gasteiger partial charge is 0.467 e. The molecule has 6 heteroatoms. The summed E-state index contributed by atoms with van der Waals surface area (Å²) in [6.45, 7) is 0.767. The molecule has 0 aromatic carbocycles. The zero-order valence-corrected chi connectivity index (χ0v) is 8.88. The van der Waals surface area contributed by atoms with Crippen LogP contribution in [-0.2, 0) is 19.1 Å². The van der Waals surface area contributed by atoms with E-state index in [1.165, 1.54) is 7.11 Å². The van der Waals surface area contributed by atoms with Crippen molar-refractivity contribution in [3.63, 3.8) is 0 Å². The van der Waals surface area contributed by atoms with Gasteiger partial charge in [0.15, 0.2) is 5.54 Å². The van der Waals surface area contributed by atoms with Gasteiger partial charge < -0.3 is 9.47 Å². The number of azo groups is 1. The van der Waals surface area contributed by atoms with Crippen molar-refractivity contribution in [3.05, 3.63) is 0 Å². The van der Waals surface area contributed by atoms with E-state index in [2.05, 4.69) is 10.2 Å². The third-order valence-corrected chi connectivity index (χ3v) is 3.97. The number of hydrogen-bond acceptors (Lipinski definition) is 6. The lowest BCUT2D eigenvalue weighted by atomic mass is 9.81. The minimum atomic E-state index is -0.953. The summed E-state index contributed by atoms with van der Waals surface area (Å²) in [6, 6.07) is 0. The van der Waals surface area contributed by atoms with Gasteiger partial charge in [-0.3, -0.25) is 4.79 Å². The summed E-state index contributed by atoms with van der Waals surface area (Å²) in [5, 5.41) is 8.05. The molecule has 86 valence electrons. The molecule has 0 bridgehead atoms. The van der Waals surface area contributed by atoms with Gasteiger partial charge in [0.2, 0.25) is 0 Å². The first-order valence-electron chi connectivity index (χ1n) is 5.34. The Morgan fingerprint density at radius 2 is 2.44 bits per heavy atom. The molecular weight excluding hydrogens is 212 g/mol. The Morgan fingerprint density at radius 1 is 1.62 bits per heavy atom. The van der Waals surface area contributed by atoms with E-state index >= 15 is 0 Å². The van der Waals surface area contributed by atoms with E-state index in [9.17, 15) is 9.59 Å². The van der Waals surface area contributed by atoms with Gasteiger partial charge in [0.1, 0.15) is 0 Å². The molecule has 6 nitrogen and oxygen atoms in total. The summed E-state index contributed by atoms with van der Waals surface area (Å²) in [5.41, 5.74) is -0.953. The van der Waals surface area contributed by atoms with Crippen LogP contribution in [0.25, 0.3) is 0 Å². The van der Waals surface area contributed by atoms with Crippen LogP contribution in [0.1, 0.15) is 6.42 Å². The van der Waals surface area contributed by atoms with Crippen LogP contribution in [0.2, 0.25) is 0 Å². The van der Waals surface area contributed by atoms with Crippen molar-refractivity contribution in [3.8, 4) is 0 Å². The topological polar surface area (TPSA) is 77.3 Å². The second kappa shape index (κ2) is 3.02. The van der Waals surface area contributed by atoms with Crippen LogP contribution in [0, 0.1) is 17.8 Å². The molecule has 2 heterocycles. The second-order valence-corrected chi connectivity index (χ2v) is 4.52. The first kappa shape index (κ1) is 9.74.